The molecule has 0 radical (unpaired) electrons. The zero-order valence-corrected chi connectivity index (χ0v) is 21.2. The summed E-state index contributed by atoms with van der Waals surface area (Å²) in [7, 11) is 1.78. The van der Waals surface area contributed by atoms with Crippen molar-refractivity contribution in [2.45, 2.75) is 51.9 Å². The number of nitrogens with one attached hydrogen (secondary N) is 1. The molecule has 2 aromatic carbocycles. The zero-order chi connectivity index (χ0) is 26.4. The van der Waals surface area contributed by atoms with Gasteiger partial charge in [0.05, 0.1) is 16.5 Å². The van der Waals surface area contributed by atoms with Crippen molar-refractivity contribution in [2.24, 2.45) is 18.4 Å². The van der Waals surface area contributed by atoms with Crippen LogP contribution in [0, 0.1) is 18.3 Å². The smallest absolute Gasteiger partial charge is 0.352 e. The van der Waals surface area contributed by atoms with Gasteiger partial charge in [0.2, 0.25) is 5.91 Å². The van der Waals surface area contributed by atoms with Crippen LogP contribution in [0.25, 0.3) is 10.9 Å². The predicted molar refractivity (Wildman–Crippen MR) is 137 cm³/mol. The second-order valence-corrected chi connectivity index (χ2v) is 10.7. The number of pyridine rings is 1. The molecule has 1 aliphatic heterocycles. The van der Waals surface area contributed by atoms with Crippen LogP contribution in [0.3, 0.4) is 0 Å². The first-order valence-corrected chi connectivity index (χ1v) is 12.8. The van der Waals surface area contributed by atoms with Gasteiger partial charge in [-0.25, -0.2) is 0 Å². The number of rotatable bonds is 6. The van der Waals surface area contributed by atoms with Gasteiger partial charge in [-0.3, -0.25) is 14.5 Å². The van der Waals surface area contributed by atoms with Gasteiger partial charge in [-0.05, 0) is 92.4 Å². The highest BCUT2D eigenvalue weighted by molar-refractivity contribution is 5.83. The van der Waals surface area contributed by atoms with Crippen molar-refractivity contribution >= 4 is 16.8 Å². The molecule has 2 fully saturated rings. The molecule has 2 heterocycles. The van der Waals surface area contributed by atoms with Crippen molar-refractivity contribution in [1.29, 1.82) is 0 Å². The Morgan fingerprint density at radius 1 is 1.03 bits per heavy atom. The van der Waals surface area contributed by atoms with Crippen LogP contribution in [0.5, 0.6) is 0 Å². The van der Waals surface area contributed by atoms with E-state index in [-0.39, 0.29) is 18.0 Å². The number of halogens is 3. The summed E-state index contributed by atoms with van der Waals surface area (Å²) < 4.78 is 41.3. The first-order valence-electron chi connectivity index (χ1n) is 12.8. The van der Waals surface area contributed by atoms with Gasteiger partial charge in [-0.1, -0.05) is 23.8 Å². The molecule has 8 heteroatoms. The third-order valence-electron chi connectivity index (χ3n) is 8.08. The van der Waals surface area contributed by atoms with Gasteiger partial charge in [-0.15, -0.1) is 0 Å². The van der Waals surface area contributed by atoms with Crippen LogP contribution in [-0.4, -0.2) is 28.5 Å². The largest absolute Gasteiger partial charge is 0.416 e. The highest BCUT2D eigenvalue weighted by atomic mass is 19.4. The number of nitrogens with zero attached hydrogens (tertiary/aromatic N) is 2. The monoisotopic (exact) mass is 511 g/mol. The summed E-state index contributed by atoms with van der Waals surface area (Å²) >= 11 is 0. The van der Waals surface area contributed by atoms with Gasteiger partial charge in [0, 0.05) is 26.2 Å². The number of aromatic nitrogens is 1. The van der Waals surface area contributed by atoms with E-state index in [1.807, 2.05) is 12.1 Å². The SMILES string of the molecule is Cc1cc(CNC(=O)C2(C3CC3)CCN(Cc3ccc4ccc(=O)n(C)c4c3)CC2)cc(C(F)(F)F)c1. The van der Waals surface area contributed by atoms with Gasteiger partial charge < -0.3 is 9.88 Å². The predicted octanol–water partition coefficient (Wildman–Crippen LogP) is 5.17. The molecule has 5 rings (SSSR count). The van der Waals surface area contributed by atoms with Crippen molar-refractivity contribution in [2.75, 3.05) is 13.1 Å². The van der Waals surface area contributed by atoms with Crippen LogP contribution in [0.15, 0.2) is 53.3 Å². The van der Waals surface area contributed by atoms with E-state index in [4.69, 9.17) is 0 Å². The number of hydrogen-bond acceptors (Lipinski definition) is 3. The Labute approximate surface area is 214 Å². The van der Waals surface area contributed by atoms with E-state index in [2.05, 4.69) is 22.3 Å². The molecule has 1 aromatic heterocycles. The summed E-state index contributed by atoms with van der Waals surface area (Å²) in [4.78, 5) is 27.8. The Morgan fingerprint density at radius 2 is 1.73 bits per heavy atom. The number of amides is 1. The fraction of sp³-hybridized carbons (Fsp3) is 0.448. The minimum absolute atomic E-state index is 0.0366. The quantitative estimate of drug-likeness (QED) is 0.497. The Morgan fingerprint density at radius 3 is 2.41 bits per heavy atom. The molecule has 37 heavy (non-hydrogen) atoms. The summed E-state index contributed by atoms with van der Waals surface area (Å²) in [6.45, 7) is 4.02. The molecular weight excluding hydrogens is 479 g/mol. The van der Waals surface area contributed by atoms with E-state index >= 15 is 0 Å². The van der Waals surface area contributed by atoms with Crippen LogP contribution in [0.2, 0.25) is 0 Å². The number of alkyl halides is 3. The van der Waals surface area contributed by atoms with Crippen LogP contribution >= 0.6 is 0 Å². The van der Waals surface area contributed by atoms with Crippen molar-refractivity contribution in [3.05, 3.63) is 81.1 Å². The Balaban J connectivity index is 1.24. The minimum atomic E-state index is -4.41. The molecular formula is C29H32F3N3O2. The summed E-state index contributed by atoms with van der Waals surface area (Å²) in [5.41, 5.74) is 1.84. The number of aryl methyl sites for hydroxylation is 2. The number of carbonyl (C=O) groups is 1. The van der Waals surface area contributed by atoms with Crippen LogP contribution in [0.1, 0.15) is 47.9 Å². The number of hydrogen-bond donors (Lipinski definition) is 1. The highest BCUT2D eigenvalue weighted by Crippen LogP contribution is 2.52. The maximum atomic E-state index is 13.4. The van der Waals surface area contributed by atoms with Gasteiger partial charge in [0.1, 0.15) is 0 Å². The molecule has 2 aliphatic rings. The average Bonchev–Trinajstić information content (AvgIpc) is 3.71. The Kier molecular flexibility index (Phi) is 6.64. The second kappa shape index (κ2) is 9.63. The molecule has 0 bridgehead atoms. The Hall–Kier alpha value is -3.13. The van der Waals surface area contributed by atoms with E-state index in [1.54, 1.807) is 30.7 Å². The van der Waals surface area contributed by atoms with Gasteiger partial charge in [-0.2, -0.15) is 13.2 Å². The van der Waals surface area contributed by atoms with E-state index in [9.17, 15) is 22.8 Å². The van der Waals surface area contributed by atoms with Crippen molar-refractivity contribution < 1.29 is 18.0 Å². The molecule has 5 nitrogen and oxygen atoms in total. The van der Waals surface area contributed by atoms with E-state index < -0.39 is 17.2 Å². The topological polar surface area (TPSA) is 54.3 Å². The van der Waals surface area contributed by atoms with E-state index in [0.29, 0.717) is 17.0 Å². The standard InChI is InChI=1S/C29H32F3N3O2/c1-19-13-21(15-24(14-19)29(30,31)32)17-33-27(37)28(23-6-7-23)9-11-35(12-10-28)18-20-3-4-22-5-8-26(36)34(2)25(22)16-20/h3-5,8,13-16,23H,6-7,9-12,17-18H2,1-2H3,(H,33,37). The number of likely N-dealkylation sites (tertiary alicyclic amines) is 1. The lowest BCUT2D eigenvalue weighted by Gasteiger charge is -2.41. The first kappa shape index (κ1) is 25.5. The number of piperidine rings is 1. The lowest BCUT2D eigenvalue weighted by atomic mass is 9.73. The fourth-order valence-electron chi connectivity index (χ4n) is 5.82. The van der Waals surface area contributed by atoms with Crippen molar-refractivity contribution in [1.82, 2.24) is 14.8 Å². The second-order valence-electron chi connectivity index (χ2n) is 10.7. The lowest BCUT2D eigenvalue weighted by Crippen LogP contribution is -2.49. The first-order chi connectivity index (χ1) is 17.5. The molecule has 1 aliphatic carbocycles. The molecule has 1 amide bonds. The third kappa shape index (κ3) is 5.30. The van der Waals surface area contributed by atoms with Gasteiger partial charge >= 0.3 is 6.18 Å². The van der Waals surface area contributed by atoms with Crippen molar-refractivity contribution in [3.8, 4) is 0 Å². The summed E-state index contributed by atoms with van der Waals surface area (Å²) in [5.74, 6) is 0.304. The molecule has 1 N–H and O–H groups in total. The number of fused-ring (bicyclic) bond motifs is 1. The summed E-state index contributed by atoms with van der Waals surface area (Å²) in [6.07, 6.45) is -0.898. The van der Waals surface area contributed by atoms with E-state index in [0.717, 1.165) is 73.9 Å². The van der Waals surface area contributed by atoms with Crippen LogP contribution < -0.4 is 10.9 Å². The third-order valence-corrected chi connectivity index (χ3v) is 8.08. The van der Waals surface area contributed by atoms with Crippen LogP contribution in [-0.2, 0) is 31.1 Å². The minimum Gasteiger partial charge on any atom is -0.352 e. The average molecular weight is 512 g/mol. The molecule has 0 spiro atoms. The lowest BCUT2D eigenvalue weighted by molar-refractivity contribution is -0.137. The fourth-order valence-corrected chi connectivity index (χ4v) is 5.82. The number of benzene rings is 2. The zero-order valence-electron chi connectivity index (χ0n) is 21.2. The maximum Gasteiger partial charge on any atom is 0.416 e. The number of carbonyl (C=O) groups excluding carboxylic acids is 1. The molecule has 1 saturated heterocycles. The summed E-state index contributed by atoms with van der Waals surface area (Å²) in [6, 6.07) is 13.5. The molecule has 3 aromatic rings. The summed E-state index contributed by atoms with van der Waals surface area (Å²) in [5, 5.41) is 3.99. The van der Waals surface area contributed by atoms with Crippen molar-refractivity contribution in [3.63, 3.8) is 0 Å². The van der Waals surface area contributed by atoms with Crippen LogP contribution in [0.4, 0.5) is 13.2 Å². The highest BCUT2D eigenvalue weighted by Gasteiger charge is 2.51. The molecule has 0 unspecified atom stereocenters. The molecule has 196 valence electrons. The molecule has 1 saturated carbocycles. The Bertz CT molecular complexity index is 1380. The van der Waals surface area contributed by atoms with Gasteiger partial charge in [0.25, 0.3) is 5.56 Å². The molecule has 0 atom stereocenters. The normalized spacial score (nSPS) is 18.2. The maximum absolute atomic E-state index is 13.4. The van der Waals surface area contributed by atoms with Gasteiger partial charge in [0.15, 0.2) is 0 Å². The van der Waals surface area contributed by atoms with E-state index in [1.165, 1.54) is 0 Å².